The Balaban J connectivity index is 0.000000181. The normalized spacial score (nSPS) is 17.0. The minimum Gasteiger partial charge on any atom is -0.465 e. The van der Waals surface area contributed by atoms with Crippen LogP contribution in [0.15, 0.2) is 30.3 Å². The van der Waals surface area contributed by atoms with Crippen LogP contribution in [0.2, 0.25) is 0 Å². The van der Waals surface area contributed by atoms with Crippen LogP contribution < -0.4 is 0 Å². The van der Waals surface area contributed by atoms with Crippen molar-refractivity contribution in [2.45, 2.75) is 25.9 Å². The summed E-state index contributed by atoms with van der Waals surface area (Å²) in [5.74, 6) is -0.291. The van der Waals surface area contributed by atoms with E-state index in [4.69, 9.17) is 4.74 Å². The first kappa shape index (κ1) is 12.7. The zero-order valence-electron chi connectivity index (χ0n) is 9.81. The summed E-state index contributed by atoms with van der Waals surface area (Å²) in [6.07, 6.45) is 3.18. The Morgan fingerprint density at radius 1 is 1.44 bits per heavy atom. The maximum atomic E-state index is 10.8. The summed E-state index contributed by atoms with van der Waals surface area (Å²) in [7, 11) is 1.37. The molecule has 0 saturated carbocycles. The van der Waals surface area contributed by atoms with Gasteiger partial charge in [-0.1, -0.05) is 31.5 Å². The number of carbonyl (C=O) groups is 1. The van der Waals surface area contributed by atoms with Crippen molar-refractivity contribution in [1.82, 2.24) is 0 Å². The van der Waals surface area contributed by atoms with Crippen LogP contribution in [0.1, 0.15) is 30.1 Å². The van der Waals surface area contributed by atoms with E-state index in [1.54, 1.807) is 24.3 Å². The molecular weight excluding hydrogens is 204 g/mol. The minimum atomic E-state index is -0.291. The van der Waals surface area contributed by atoms with Crippen LogP contribution in [0.3, 0.4) is 0 Å². The standard InChI is InChI=1S/C8H8O2.C5H10O/c1-10-8(9)7-5-3-2-4-6-7;1-2-3-5-4-6-5/h2-6H,1H3;5H,2-4H2,1H3. The van der Waals surface area contributed by atoms with Crippen LogP contribution in [0.4, 0.5) is 0 Å². The number of ether oxygens (including phenoxy) is 2. The molecule has 88 valence electrons. The van der Waals surface area contributed by atoms with Gasteiger partial charge in [0.2, 0.25) is 0 Å². The van der Waals surface area contributed by atoms with Crippen molar-refractivity contribution in [3.8, 4) is 0 Å². The van der Waals surface area contributed by atoms with Gasteiger partial charge in [0, 0.05) is 0 Å². The van der Waals surface area contributed by atoms with E-state index in [-0.39, 0.29) is 5.97 Å². The lowest BCUT2D eigenvalue weighted by atomic mass is 10.2. The summed E-state index contributed by atoms with van der Waals surface area (Å²) < 4.78 is 9.45. The zero-order valence-corrected chi connectivity index (χ0v) is 9.81. The summed E-state index contributed by atoms with van der Waals surface area (Å²) in [6.45, 7) is 3.20. The maximum Gasteiger partial charge on any atom is 0.337 e. The smallest absolute Gasteiger partial charge is 0.337 e. The fourth-order valence-electron chi connectivity index (χ4n) is 1.25. The Labute approximate surface area is 96.4 Å². The lowest BCUT2D eigenvalue weighted by molar-refractivity contribution is 0.0601. The molecule has 1 atom stereocenters. The van der Waals surface area contributed by atoms with Crippen molar-refractivity contribution < 1.29 is 14.3 Å². The topological polar surface area (TPSA) is 38.8 Å². The highest BCUT2D eigenvalue weighted by atomic mass is 16.6. The van der Waals surface area contributed by atoms with Crippen molar-refractivity contribution in [2.75, 3.05) is 13.7 Å². The molecule has 1 aromatic carbocycles. The highest BCUT2D eigenvalue weighted by Gasteiger charge is 2.19. The molecule has 0 amide bonds. The molecule has 2 rings (SSSR count). The van der Waals surface area contributed by atoms with Gasteiger partial charge in [-0.2, -0.15) is 0 Å². The van der Waals surface area contributed by atoms with Gasteiger partial charge in [-0.25, -0.2) is 4.79 Å². The first-order valence-electron chi connectivity index (χ1n) is 5.53. The Morgan fingerprint density at radius 3 is 2.44 bits per heavy atom. The molecule has 1 aliphatic rings. The monoisotopic (exact) mass is 222 g/mol. The second-order valence-corrected chi connectivity index (χ2v) is 3.60. The predicted octanol–water partition coefficient (Wildman–Crippen LogP) is 2.66. The van der Waals surface area contributed by atoms with E-state index in [9.17, 15) is 4.79 Å². The summed E-state index contributed by atoms with van der Waals surface area (Å²) in [5, 5.41) is 0. The van der Waals surface area contributed by atoms with Gasteiger partial charge in [0.05, 0.1) is 25.4 Å². The number of hydrogen-bond acceptors (Lipinski definition) is 3. The third-order valence-electron chi connectivity index (χ3n) is 2.21. The molecular formula is C13H18O3. The van der Waals surface area contributed by atoms with Crippen LogP contribution in [0, 0.1) is 0 Å². The Hall–Kier alpha value is -1.35. The van der Waals surface area contributed by atoms with E-state index in [0.717, 1.165) is 6.61 Å². The number of methoxy groups -OCH3 is 1. The lowest BCUT2D eigenvalue weighted by Gasteiger charge is -1.95. The first-order chi connectivity index (χ1) is 7.77. The van der Waals surface area contributed by atoms with Gasteiger partial charge in [-0.15, -0.1) is 0 Å². The number of epoxide rings is 1. The van der Waals surface area contributed by atoms with Crippen molar-refractivity contribution in [3.63, 3.8) is 0 Å². The number of carbonyl (C=O) groups excluding carboxylic acids is 1. The van der Waals surface area contributed by atoms with Crippen LogP contribution in [0.25, 0.3) is 0 Å². The van der Waals surface area contributed by atoms with Gasteiger partial charge in [0.1, 0.15) is 0 Å². The molecule has 1 heterocycles. The summed E-state index contributed by atoms with van der Waals surface area (Å²) in [5.41, 5.74) is 0.588. The van der Waals surface area contributed by atoms with Crippen LogP contribution in [-0.2, 0) is 9.47 Å². The molecule has 1 unspecified atom stereocenters. The number of benzene rings is 1. The van der Waals surface area contributed by atoms with E-state index >= 15 is 0 Å². The molecule has 0 N–H and O–H groups in total. The van der Waals surface area contributed by atoms with Gasteiger partial charge in [-0.3, -0.25) is 0 Å². The van der Waals surface area contributed by atoms with E-state index in [0.29, 0.717) is 11.7 Å². The summed E-state index contributed by atoms with van der Waals surface area (Å²) in [4.78, 5) is 10.8. The second-order valence-electron chi connectivity index (χ2n) is 3.60. The molecule has 1 fully saturated rings. The molecule has 1 aromatic rings. The number of esters is 1. The second kappa shape index (κ2) is 7.01. The molecule has 3 nitrogen and oxygen atoms in total. The molecule has 0 bridgehead atoms. The van der Waals surface area contributed by atoms with E-state index in [1.807, 2.05) is 6.07 Å². The van der Waals surface area contributed by atoms with Gasteiger partial charge in [0.25, 0.3) is 0 Å². The highest BCUT2D eigenvalue weighted by molar-refractivity contribution is 5.89. The van der Waals surface area contributed by atoms with Crippen molar-refractivity contribution in [3.05, 3.63) is 35.9 Å². The Kier molecular flexibility index (Phi) is 5.57. The van der Waals surface area contributed by atoms with Gasteiger partial charge in [-0.05, 0) is 18.6 Å². The van der Waals surface area contributed by atoms with Crippen LogP contribution >= 0.6 is 0 Å². The maximum absolute atomic E-state index is 10.8. The summed E-state index contributed by atoms with van der Waals surface area (Å²) >= 11 is 0. The molecule has 0 aromatic heterocycles. The molecule has 1 aliphatic heterocycles. The van der Waals surface area contributed by atoms with E-state index in [1.165, 1.54) is 20.0 Å². The third-order valence-corrected chi connectivity index (χ3v) is 2.21. The molecule has 3 heteroatoms. The Morgan fingerprint density at radius 2 is 2.06 bits per heavy atom. The first-order valence-corrected chi connectivity index (χ1v) is 5.53. The van der Waals surface area contributed by atoms with Crippen LogP contribution in [-0.4, -0.2) is 25.8 Å². The fraction of sp³-hybridized carbons (Fsp3) is 0.462. The van der Waals surface area contributed by atoms with E-state index < -0.39 is 0 Å². The largest absolute Gasteiger partial charge is 0.465 e. The molecule has 0 radical (unpaired) electrons. The van der Waals surface area contributed by atoms with Crippen molar-refractivity contribution in [1.29, 1.82) is 0 Å². The number of hydrogen-bond donors (Lipinski definition) is 0. The fourth-order valence-corrected chi connectivity index (χ4v) is 1.25. The van der Waals surface area contributed by atoms with Crippen molar-refractivity contribution in [2.24, 2.45) is 0 Å². The van der Waals surface area contributed by atoms with Gasteiger partial charge >= 0.3 is 5.97 Å². The average Bonchev–Trinajstić information content (AvgIpc) is 3.14. The predicted molar refractivity (Wildman–Crippen MR) is 62.4 cm³/mol. The van der Waals surface area contributed by atoms with E-state index in [2.05, 4.69) is 11.7 Å². The molecule has 0 aliphatic carbocycles. The lowest BCUT2D eigenvalue weighted by Crippen LogP contribution is -1.99. The number of rotatable bonds is 3. The minimum absolute atomic E-state index is 0.291. The third kappa shape index (κ3) is 4.94. The summed E-state index contributed by atoms with van der Waals surface area (Å²) in [6, 6.07) is 8.88. The van der Waals surface area contributed by atoms with Crippen LogP contribution in [0.5, 0.6) is 0 Å². The quantitative estimate of drug-likeness (QED) is 0.583. The molecule has 1 saturated heterocycles. The highest BCUT2D eigenvalue weighted by Crippen LogP contribution is 2.14. The molecule has 16 heavy (non-hydrogen) atoms. The van der Waals surface area contributed by atoms with Crippen molar-refractivity contribution >= 4 is 5.97 Å². The Bertz CT molecular complexity index is 304. The van der Waals surface area contributed by atoms with Gasteiger partial charge < -0.3 is 9.47 Å². The van der Waals surface area contributed by atoms with Gasteiger partial charge in [0.15, 0.2) is 0 Å². The SMILES string of the molecule is CCCC1CO1.COC(=O)c1ccccc1. The average molecular weight is 222 g/mol. The zero-order chi connectivity index (χ0) is 11.8. The molecule has 0 spiro atoms.